The minimum Gasteiger partial charge on any atom is -0.492 e. The van der Waals surface area contributed by atoms with Crippen molar-refractivity contribution < 1.29 is 14.3 Å². The lowest BCUT2D eigenvalue weighted by molar-refractivity contribution is -0.130. The molecule has 0 aliphatic carbocycles. The largest absolute Gasteiger partial charge is 0.492 e. The number of anilines is 1. The monoisotopic (exact) mass is 329 g/mol. The smallest absolute Gasteiger partial charge is 0.243 e. The summed E-state index contributed by atoms with van der Waals surface area (Å²) < 4.78 is 5.34. The average molecular weight is 330 g/mol. The molecule has 0 bridgehead atoms. The van der Waals surface area contributed by atoms with Gasteiger partial charge in [-0.1, -0.05) is 20.8 Å². The predicted octanol–water partition coefficient (Wildman–Crippen LogP) is 1.55. The standard InChI is InChI=1S/C15H23N3O3.ClH/c1-15(2,3)14(20)17-10-13(19)18-11-4-6-12(7-5-11)21-9-8-16;/h4-7H,8-10,16H2,1-3H3,(H,17,20)(H,18,19);1H. The first-order valence-electron chi connectivity index (χ1n) is 6.84. The van der Waals surface area contributed by atoms with E-state index in [1.54, 1.807) is 45.0 Å². The summed E-state index contributed by atoms with van der Waals surface area (Å²) >= 11 is 0. The van der Waals surface area contributed by atoms with E-state index >= 15 is 0 Å². The maximum Gasteiger partial charge on any atom is 0.243 e. The molecular weight excluding hydrogens is 306 g/mol. The highest BCUT2D eigenvalue weighted by Gasteiger charge is 2.21. The summed E-state index contributed by atoms with van der Waals surface area (Å²) in [6.45, 7) is 6.22. The summed E-state index contributed by atoms with van der Waals surface area (Å²) in [5.74, 6) is 0.255. The molecule has 1 aromatic rings. The third-order valence-electron chi connectivity index (χ3n) is 2.62. The van der Waals surface area contributed by atoms with Gasteiger partial charge in [0, 0.05) is 17.6 Å². The van der Waals surface area contributed by atoms with Crippen molar-refractivity contribution in [1.29, 1.82) is 0 Å². The molecule has 22 heavy (non-hydrogen) atoms. The number of halogens is 1. The predicted molar refractivity (Wildman–Crippen MR) is 89.3 cm³/mol. The van der Waals surface area contributed by atoms with Gasteiger partial charge in [-0.05, 0) is 24.3 Å². The van der Waals surface area contributed by atoms with Gasteiger partial charge in [0.05, 0.1) is 6.54 Å². The van der Waals surface area contributed by atoms with Crippen LogP contribution >= 0.6 is 12.4 Å². The first kappa shape index (κ1) is 20.2. The highest BCUT2D eigenvalue weighted by molar-refractivity contribution is 5.95. The van der Waals surface area contributed by atoms with Crippen LogP contribution in [0.4, 0.5) is 5.69 Å². The molecule has 0 radical (unpaired) electrons. The quantitative estimate of drug-likeness (QED) is 0.738. The van der Waals surface area contributed by atoms with Crippen LogP contribution in [0.1, 0.15) is 20.8 Å². The maximum absolute atomic E-state index is 11.7. The maximum atomic E-state index is 11.7. The molecule has 0 fully saturated rings. The van der Waals surface area contributed by atoms with Gasteiger partial charge in [-0.15, -0.1) is 12.4 Å². The van der Waals surface area contributed by atoms with Crippen molar-refractivity contribution in [3.63, 3.8) is 0 Å². The Morgan fingerprint density at radius 2 is 1.77 bits per heavy atom. The fourth-order valence-electron chi connectivity index (χ4n) is 1.44. The van der Waals surface area contributed by atoms with Gasteiger partial charge in [0.25, 0.3) is 0 Å². The second kappa shape index (κ2) is 9.27. The van der Waals surface area contributed by atoms with E-state index in [4.69, 9.17) is 10.5 Å². The van der Waals surface area contributed by atoms with Crippen LogP contribution in [0.2, 0.25) is 0 Å². The Kier molecular flexibility index (Phi) is 8.52. The van der Waals surface area contributed by atoms with E-state index in [9.17, 15) is 9.59 Å². The molecule has 0 heterocycles. The van der Waals surface area contributed by atoms with Crippen LogP contribution in [0.3, 0.4) is 0 Å². The lowest BCUT2D eigenvalue weighted by Gasteiger charge is -2.17. The molecule has 4 N–H and O–H groups in total. The Morgan fingerprint density at radius 1 is 1.18 bits per heavy atom. The number of carbonyl (C=O) groups excluding carboxylic acids is 2. The molecule has 0 spiro atoms. The molecule has 124 valence electrons. The fraction of sp³-hybridized carbons (Fsp3) is 0.467. The van der Waals surface area contributed by atoms with Crippen molar-refractivity contribution in [1.82, 2.24) is 5.32 Å². The molecule has 6 nitrogen and oxygen atoms in total. The number of nitrogens with one attached hydrogen (secondary N) is 2. The van der Waals surface area contributed by atoms with Crippen molar-refractivity contribution in [3.05, 3.63) is 24.3 Å². The number of hydrogen-bond acceptors (Lipinski definition) is 4. The molecule has 0 aromatic heterocycles. The Bertz CT molecular complexity index is 484. The van der Waals surface area contributed by atoms with Crippen molar-refractivity contribution in [2.24, 2.45) is 11.1 Å². The zero-order valence-electron chi connectivity index (χ0n) is 13.1. The van der Waals surface area contributed by atoms with Gasteiger partial charge in [-0.2, -0.15) is 0 Å². The topological polar surface area (TPSA) is 93.5 Å². The molecule has 7 heteroatoms. The van der Waals surface area contributed by atoms with Crippen LogP contribution in [-0.4, -0.2) is 31.5 Å². The molecule has 1 rings (SSSR count). The fourth-order valence-corrected chi connectivity index (χ4v) is 1.44. The summed E-state index contributed by atoms with van der Waals surface area (Å²) in [4.78, 5) is 23.4. The molecule has 0 saturated carbocycles. The first-order chi connectivity index (χ1) is 9.82. The van der Waals surface area contributed by atoms with Crippen LogP contribution in [-0.2, 0) is 9.59 Å². The zero-order chi connectivity index (χ0) is 15.9. The molecule has 0 atom stereocenters. The van der Waals surface area contributed by atoms with Gasteiger partial charge in [0.1, 0.15) is 12.4 Å². The Hall–Kier alpha value is -1.79. The van der Waals surface area contributed by atoms with Gasteiger partial charge in [0.2, 0.25) is 11.8 Å². The number of amides is 2. The lowest BCUT2D eigenvalue weighted by Crippen LogP contribution is -2.39. The van der Waals surface area contributed by atoms with Gasteiger partial charge >= 0.3 is 0 Å². The zero-order valence-corrected chi connectivity index (χ0v) is 14.0. The normalized spacial score (nSPS) is 10.4. The average Bonchev–Trinajstić information content (AvgIpc) is 2.43. The van der Waals surface area contributed by atoms with Crippen molar-refractivity contribution >= 4 is 29.9 Å². The van der Waals surface area contributed by atoms with Gasteiger partial charge in [-0.25, -0.2) is 0 Å². The van der Waals surface area contributed by atoms with E-state index in [0.717, 1.165) is 0 Å². The number of benzene rings is 1. The van der Waals surface area contributed by atoms with E-state index in [0.29, 0.717) is 24.6 Å². The van der Waals surface area contributed by atoms with Crippen LogP contribution < -0.4 is 21.1 Å². The van der Waals surface area contributed by atoms with E-state index < -0.39 is 5.41 Å². The third-order valence-corrected chi connectivity index (χ3v) is 2.62. The minimum absolute atomic E-state index is 0. The number of carbonyl (C=O) groups is 2. The number of rotatable bonds is 6. The SMILES string of the molecule is CC(C)(C)C(=O)NCC(=O)Nc1ccc(OCCN)cc1.Cl. The summed E-state index contributed by atoms with van der Waals surface area (Å²) in [5, 5.41) is 5.29. The Labute approximate surface area is 137 Å². The van der Waals surface area contributed by atoms with Crippen molar-refractivity contribution in [2.75, 3.05) is 25.0 Å². The van der Waals surface area contributed by atoms with E-state index in [1.165, 1.54) is 0 Å². The minimum atomic E-state index is -0.512. The first-order valence-corrected chi connectivity index (χ1v) is 6.84. The molecule has 0 saturated heterocycles. The Balaban J connectivity index is 0.00000441. The summed E-state index contributed by atoms with van der Waals surface area (Å²) in [5.41, 5.74) is 5.48. The Morgan fingerprint density at radius 3 is 2.27 bits per heavy atom. The van der Waals surface area contributed by atoms with Crippen LogP contribution in [0.15, 0.2) is 24.3 Å². The van der Waals surface area contributed by atoms with E-state index in [-0.39, 0.29) is 30.8 Å². The second-order valence-electron chi connectivity index (χ2n) is 5.64. The summed E-state index contributed by atoms with van der Waals surface area (Å²) in [6, 6.07) is 6.96. The second-order valence-corrected chi connectivity index (χ2v) is 5.64. The molecule has 0 aliphatic rings. The van der Waals surface area contributed by atoms with Crippen LogP contribution in [0, 0.1) is 5.41 Å². The highest BCUT2D eigenvalue weighted by Crippen LogP contribution is 2.15. The molecule has 2 amide bonds. The molecule has 0 unspecified atom stereocenters. The van der Waals surface area contributed by atoms with Crippen LogP contribution in [0.5, 0.6) is 5.75 Å². The van der Waals surface area contributed by atoms with Crippen molar-refractivity contribution in [3.8, 4) is 5.75 Å². The number of hydrogen-bond donors (Lipinski definition) is 3. The summed E-state index contributed by atoms with van der Waals surface area (Å²) in [7, 11) is 0. The van der Waals surface area contributed by atoms with Crippen molar-refractivity contribution in [2.45, 2.75) is 20.8 Å². The summed E-state index contributed by atoms with van der Waals surface area (Å²) in [6.07, 6.45) is 0. The molecular formula is C15H24ClN3O3. The van der Waals surface area contributed by atoms with E-state index in [2.05, 4.69) is 10.6 Å². The van der Waals surface area contributed by atoms with Crippen LogP contribution in [0.25, 0.3) is 0 Å². The van der Waals surface area contributed by atoms with Gasteiger partial charge < -0.3 is 21.1 Å². The number of ether oxygens (including phenoxy) is 1. The molecule has 1 aromatic carbocycles. The number of nitrogens with two attached hydrogens (primary N) is 1. The van der Waals surface area contributed by atoms with Gasteiger partial charge in [0.15, 0.2) is 0 Å². The highest BCUT2D eigenvalue weighted by atomic mass is 35.5. The molecule has 0 aliphatic heterocycles. The third kappa shape index (κ3) is 7.28. The van der Waals surface area contributed by atoms with Gasteiger partial charge in [-0.3, -0.25) is 9.59 Å². The van der Waals surface area contributed by atoms with E-state index in [1.807, 2.05) is 0 Å². The lowest BCUT2D eigenvalue weighted by atomic mass is 9.96.